The van der Waals surface area contributed by atoms with Crippen molar-refractivity contribution in [2.45, 2.75) is 0 Å². The van der Waals surface area contributed by atoms with Crippen molar-refractivity contribution >= 4 is 16.7 Å². The first-order valence-electron chi connectivity index (χ1n) is 6.95. The summed E-state index contributed by atoms with van der Waals surface area (Å²) < 4.78 is 10.7. The molecule has 5 nitrogen and oxygen atoms in total. The van der Waals surface area contributed by atoms with Gasteiger partial charge in [-0.1, -0.05) is 36.4 Å². The Morgan fingerprint density at radius 2 is 2.05 bits per heavy atom. The van der Waals surface area contributed by atoms with Crippen molar-refractivity contribution in [1.82, 2.24) is 4.98 Å². The molecule has 0 saturated heterocycles. The smallest absolute Gasteiger partial charge is 0.232 e. The van der Waals surface area contributed by atoms with E-state index in [2.05, 4.69) is 16.4 Å². The Balaban J connectivity index is 2.02. The van der Waals surface area contributed by atoms with Crippen molar-refractivity contribution in [3.63, 3.8) is 0 Å². The summed E-state index contributed by atoms with van der Waals surface area (Å²) in [5, 5.41) is 14.4. The van der Waals surface area contributed by atoms with E-state index in [4.69, 9.17) is 9.15 Å². The monoisotopic (exact) mass is 293 g/mol. The van der Waals surface area contributed by atoms with Gasteiger partial charge in [0, 0.05) is 19.2 Å². The zero-order valence-corrected chi connectivity index (χ0v) is 12.2. The van der Waals surface area contributed by atoms with Crippen LogP contribution in [0.1, 0.15) is 5.69 Å². The lowest BCUT2D eigenvalue weighted by Gasteiger charge is -2.03. The topological polar surface area (TPSA) is 71.1 Å². The van der Waals surface area contributed by atoms with Gasteiger partial charge in [0.2, 0.25) is 17.5 Å². The molecule has 0 amide bonds. The SMILES string of the molecule is COCCNc1oc(-c2cccc3ccccc23)nc1C#N. The number of nitrogens with zero attached hydrogens (tertiary/aromatic N) is 2. The van der Waals surface area contributed by atoms with Crippen LogP contribution in [0.25, 0.3) is 22.2 Å². The lowest BCUT2D eigenvalue weighted by Crippen LogP contribution is -2.07. The first-order chi connectivity index (χ1) is 10.8. The fourth-order valence-electron chi connectivity index (χ4n) is 2.31. The van der Waals surface area contributed by atoms with Crippen LogP contribution in [0.2, 0.25) is 0 Å². The van der Waals surface area contributed by atoms with Crippen LogP contribution in [-0.2, 0) is 4.74 Å². The van der Waals surface area contributed by atoms with Gasteiger partial charge in [0.15, 0.2) is 0 Å². The van der Waals surface area contributed by atoms with Gasteiger partial charge in [0.1, 0.15) is 6.07 Å². The van der Waals surface area contributed by atoms with Gasteiger partial charge in [-0.15, -0.1) is 0 Å². The fourth-order valence-corrected chi connectivity index (χ4v) is 2.31. The van der Waals surface area contributed by atoms with Gasteiger partial charge >= 0.3 is 0 Å². The lowest BCUT2D eigenvalue weighted by molar-refractivity contribution is 0.210. The number of aromatic nitrogens is 1. The van der Waals surface area contributed by atoms with E-state index in [-0.39, 0.29) is 5.69 Å². The summed E-state index contributed by atoms with van der Waals surface area (Å²) in [6, 6.07) is 16.0. The Hall–Kier alpha value is -2.84. The highest BCUT2D eigenvalue weighted by atomic mass is 16.5. The van der Waals surface area contributed by atoms with Crippen LogP contribution in [0, 0.1) is 11.3 Å². The summed E-state index contributed by atoms with van der Waals surface area (Å²) in [5.74, 6) is 0.816. The highest BCUT2D eigenvalue weighted by Crippen LogP contribution is 2.30. The molecule has 1 N–H and O–H groups in total. The third kappa shape index (κ3) is 2.65. The fraction of sp³-hybridized carbons (Fsp3) is 0.176. The van der Waals surface area contributed by atoms with Crippen LogP contribution in [0.15, 0.2) is 46.9 Å². The maximum absolute atomic E-state index is 9.20. The largest absolute Gasteiger partial charge is 0.419 e. The van der Waals surface area contributed by atoms with Gasteiger partial charge in [0.05, 0.1) is 6.61 Å². The van der Waals surface area contributed by atoms with Crippen LogP contribution in [-0.4, -0.2) is 25.2 Å². The third-order valence-corrected chi connectivity index (χ3v) is 3.34. The molecule has 5 heteroatoms. The number of anilines is 1. The van der Waals surface area contributed by atoms with Crippen LogP contribution in [0.5, 0.6) is 0 Å². The van der Waals surface area contributed by atoms with Gasteiger partial charge in [-0.05, 0) is 16.8 Å². The number of rotatable bonds is 5. The lowest BCUT2D eigenvalue weighted by atomic mass is 10.0. The molecule has 0 atom stereocenters. The molecule has 0 aliphatic heterocycles. The second-order valence-electron chi connectivity index (χ2n) is 4.75. The van der Waals surface area contributed by atoms with E-state index in [1.54, 1.807) is 7.11 Å². The first-order valence-corrected chi connectivity index (χ1v) is 6.95. The van der Waals surface area contributed by atoms with E-state index in [9.17, 15) is 5.26 Å². The summed E-state index contributed by atoms with van der Waals surface area (Å²) >= 11 is 0. The second-order valence-corrected chi connectivity index (χ2v) is 4.75. The zero-order chi connectivity index (χ0) is 15.4. The Bertz CT molecular complexity index is 828. The van der Waals surface area contributed by atoms with E-state index < -0.39 is 0 Å². The predicted octanol–water partition coefficient (Wildman–Crippen LogP) is 3.42. The van der Waals surface area contributed by atoms with Gasteiger partial charge < -0.3 is 14.5 Å². The Labute approximate surface area is 128 Å². The molecule has 1 heterocycles. The molecule has 3 aromatic rings. The summed E-state index contributed by atoms with van der Waals surface area (Å²) in [4.78, 5) is 4.30. The van der Waals surface area contributed by atoms with Crippen molar-refractivity contribution in [1.29, 1.82) is 5.26 Å². The van der Waals surface area contributed by atoms with E-state index >= 15 is 0 Å². The van der Waals surface area contributed by atoms with Gasteiger partial charge in [-0.3, -0.25) is 0 Å². The number of hydrogen-bond acceptors (Lipinski definition) is 5. The van der Waals surface area contributed by atoms with Crippen molar-refractivity contribution in [2.24, 2.45) is 0 Å². The highest BCUT2D eigenvalue weighted by Gasteiger charge is 2.15. The van der Waals surface area contributed by atoms with Crippen LogP contribution >= 0.6 is 0 Å². The number of hydrogen-bond donors (Lipinski definition) is 1. The van der Waals surface area contributed by atoms with Crippen molar-refractivity contribution in [3.8, 4) is 17.5 Å². The van der Waals surface area contributed by atoms with E-state index in [0.717, 1.165) is 16.3 Å². The average molecular weight is 293 g/mol. The Kier molecular flexibility index (Phi) is 4.03. The normalized spacial score (nSPS) is 10.5. The number of ether oxygens (including phenoxy) is 1. The predicted molar refractivity (Wildman–Crippen MR) is 84.5 cm³/mol. The molecule has 0 aliphatic rings. The minimum atomic E-state index is 0.249. The molecular weight excluding hydrogens is 278 g/mol. The van der Waals surface area contributed by atoms with Gasteiger partial charge in [-0.2, -0.15) is 10.2 Å². The molecule has 0 aliphatic carbocycles. The minimum absolute atomic E-state index is 0.249. The number of nitriles is 1. The van der Waals surface area contributed by atoms with E-state index in [0.29, 0.717) is 24.9 Å². The summed E-state index contributed by atoms with van der Waals surface area (Å²) in [6.45, 7) is 1.07. The van der Waals surface area contributed by atoms with Crippen LogP contribution in [0.4, 0.5) is 5.88 Å². The minimum Gasteiger partial charge on any atom is -0.419 e. The molecular formula is C17H15N3O2. The molecule has 2 aromatic carbocycles. The molecule has 3 rings (SSSR count). The maximum atomic E-state index is 9.20. The third-order valence-electron chi connectivity index (χ3n) is 3.34. The Morgan fingerprint density at radius 1 is 1.23 bits per heavy atom. The molecule has 0 radical (unpaired) electrons. The standard InChI is InChI=1S/C17H15N3O2/c1-21-10-9-19-17-15(11-18)20-16(22-17)14-8-4-6-12-5-2-3-7-13(12)14/h2-8,19H,9-10H2,1H3. The van der Waals surface area contributed by atoms with Gasteiger partial charge in [0.25, 0.3) is 0 Å². The molecule has 110 valence electrons. The second kappa shape index (κ2) is 6.29. The summed E-state index contributed by atoms with van der Waals surface area (Å²) in [6.07, 6.45) is 0. The molecule has 0 saturated carbocycles. The first kappa shape index (κ1) is 14.1. The van der Waals surface area contributed by atoms with E-state index in [1.165, 1.54) is 0 Å². The number of methoxy groups -OCH3 is 1. The van der Waals surface area contributed by atoms with Crippen LogP contribution in [0.3, 0.4) is 0 Å². The molecule has 0 unspecified atom stereocenters. The molecule has 1 aromatic heterocycles. The summed E-state index contributed by atoms with van der Waals surface area (Å²) in [5.41, 5.74) is 1.12. The molecule has 0 fully saturated rings. The van der Waals surface area contributed by atoms with Crippen molar-refractivity contribution in [3.05, 3.63) is 48.2 Å². The number of oxazole rings is 1. The average Bonchev–Trinajstić information content (AvgIpc) is 2.97. The van der Waals surface area contributed by atoms with Crippen molar-refractivity contribution in [2.75, 3.05) is 25.6 Å². The zero-order valence-electron chi connectivity index (χ0n) is 12.2. The molecule has 0 spiro atoms. The highest BCUT2D eigenvalue weighted by molar-refractivity contribution is 5.94. The molecule has 0 bridgehead atoms. The Morgan fingerprint density at radius 3 is 2.86 bits per heavy atom. The molecule has 22 heavy (non-hydrogen) atoms. The van der Waals surface area contributed by atoms with Crippen LogP contribution < -0.4 is 5.32 Å². The quantitative estimate of drug-likeness (QED) is 0.730. The van der Waals surface area contributed by atoms with E-state index in [1.807, 2.05) is 42.5 Å². The number of fused-ring (bicyclic) bond motifs is 1. The van der Waals surface area contributed by atoms with Gasteiger partial charge in [-0.25, -0.2) is 0 Å². The van der Waals surface area contributed by atoms with Crippen molar-refractivity contribution < 1.29 is 9.15 Å². The number of benzene rings is 2. The number of nitrogens with one attached hydrogen (secondary N) is 1. The summed E-state index contributed by atoms with van der Waals surface area (Å²) in [7, 11) is 1.62. The maximum Gasteiger partial charge on any atom is 0.232 e.